The summed E-state index contributed by atoms with van der Waals surface area (Å²) in [7, 11) is 8.47. The number of hydrogen-bond acceptors (Lipinski definition) is 2. The van der Waals surface area contributed by atoms with E-state index in [-0.39, 0.29) is 0 Å². The second kappa shape index (κ2) is 3.92. The fourth-order valence-corrected chi connectivity index (χ4v) is 2.93. The van der Waals surface area contributed by atoms with Gasteiger partial charge in [0.15, 0.2) is 0 Å². The monoisotopic (exact) mass is 206 g/mol. The van der Waals surface area contributed by atoms with E-state index in [2.05, 4.69) is 50.4 Å². The van der Waals surface area contributed by atoms with Crippen LogP contribution in [0.4, 0.5) is 0 Å². The second-order valence-corrected chi connectivity index (χ2v) is 5.30. The van der Waals surface area contributed by atoms with E-state index in [0.29, 0.717) is 0 Å². The molecule has 2 rings (SSSR count). The fourth-order valence-electron chi connectivity index (χ4n) is 2.93. The molecule has 0 amide bonds. The van der Waals surface area contributed by atoms with Crippen LogP contribution >= 0.6 is 0 Å². The van der Waals surface area contributed by atoms with E-state index in [1.807, 2.05) is 0 Å². The minimum atomic E-state index is 0.837. The van der Waals surface area contributed by atoms with Gasteiger partial charge in [-0.05, 0) is 42.2 Å². The zero-order chi connectivity index (χ0) is 11.0. The first-order valence-electron chi connectivity index (χ1n) is 5.84. The summed E-state index contributed by atoms with van der Waals surface area (Å²) in [5, 5.41) is 0. The van der Waals surface area contributed by atoms with Gasteiger partial charge in [0, 0.05) is 40.6 Å². The number of allylic oxidation sites excluding steroid dienone is 2. The predicted molar refractivity (Wildman–Crippen MR) is 64.4 cm³/mol. The maximum atomic E-state index is 2.32. The molecule has 0 saturated heterocycles. The van der Waals surface area contributed by atoms with Crippen LogP contribution in [0.15, 0.2) is 23.5 Å². The Morgan fingerprint density at radius 3 is 1.60 bits per heavy atom. The van der Waals surface area contributed by atoms with Gasteiger partial charge in [-0.2, -0.15) is 0 Å². The third-order valence-corrected chi connectivity index (χ3v) is 3.44. The highest BCUT2D eigenvalue weighted by molar-refractivity contribution is 5.41. The first-order valence-corrected chi connectivity index (χ1v) is 5.84. The van der Waals surface area contributed by atoms with Crippen LogP contribution in [0, 0.1) is 11.8 Å². The maximum Gasteiger partial charge on any atom is 0.00557 e. The van der Waals surface area contributed by atoms with Crippen LogP contribution < -0.4 is 0 Å². The summed E-state index contributed by atoms with van der Waals surface area (Å²) in [6.07, 6.45) is 8.82. The highest BCUT2D eigenvalue weighted by atomic mass is 15.0. The Kier molecular flexibility index (Phi) is 2.76. The van der Waals surface area contributed by atoms with Crippen molar-refractivity contribution in [3.63, 3.8) is 0 Å². The van der Waals surface area contributed by atoms with Crippen molar-refractivity contribution >= 4 is 0 Å². The molecule has 0 radical (unpaired) electrons. The molecule has 0 aromatic carbocycles. The highest BCUT2D eigenvalue weighted by Gasteiger charge is 2.39. The third-order valence-electron chi connectivity index (χ3n) is 3.44. The van der Waals surface area contributed by atoms with E-state index in [4.69, 9.17) is 0 Å². The second-order valence-electron chi connectivity index (χ2n) is 5.30. The zero-order valence-corrected chi connectivity index (χ0v) is 10.3. The molecule has 2 fully saturated rings. The molecule has 2 saturated carbocycles. The van der Waals surface area contributed by atoms with E-state index in [9.17, 15) is 0 Å². The predicted octanol–water partition coefficient (Wildman–Crippen LogP) is 2.31. The molecule has 0 N–H and O–H groups in total. The van der Waals surface area contributed by atoms with Crippen LogP contribution in [0.3, 0.4) is 0 Å². The Morgan fingerprint density at radius 2 is 1.27 bits per heavy atom. The van der Waals surface area contributed by atoms with E-state index in [1.165, 1.54) is 19.3 Å². The van der Waals surface area contributed by atoms with Crippen LogP contribution in [-0.4, -0.2) is 38.0 Å². The van der Waals surface area contributed by atoms with Gasteiger partial charge < -0.3 is 9.80 Å². The normalized spacial score (nSPS) is 34.1. The molecule has 15 heavy (non-hydrogen) atoms. The maximum absolute atomic E-state index is 2.32. The lowest BCUT2D eigenvalue weighted by Crippen LogP contribution is -2.12. The molecule has 0 unspecified atom stereocenters. The zero-order valence-electron chi connectivity index (χ0n) is 10.3. The average Bonchev–Trinajstić information content (AvgIpc) is 2.67. The van der Waals surface area contributed by atoms with Gasteiger partial charge in [-0.15, -0.1) is 0 Å². The molecule has 2 bridgehead atoms. The molecule has 2 heteroatoms. The molecule has 2 nitrogen and oxygen atoms in total. The minimum Gasteiger partial charge on any atom is -0.383 e. The van der Waals surface area contributed by atoms with Gasteiger partial charge in [-0.25, -0.2) is 0 Å². The van der Waals surface area contributed by atoms with Crippen molar-refractivity contribution in [3.8, 4) is 0 Å². The highest BCUT2D eigenvalue weighted by Crippen LogP contribution is 2.51. The molecule has 0 heterocycles. The van der Waals surface area contributed by atoms with Crippen molar-refractivity contribution in [2.24, 2.45) is 11.8 Å². The molecule has 0 aromatic rings. The topological polar surface area (TPSA) is 6.48 Å². The lowest BCUT2D eigenvalue weighted by atomic mass is 9.90. The van der Waals surface area contributed by atoms with Gasteiger partial charge in [-0.3, -0.25) is 0 Å². The summed E-state index contributed by atoms with van der Waals surface area (Å²) in [6.45, 7) is 0. The Balaban J connectivity index is 2.28. The Morgan fingerprint density at radius 1 is 0.867 bits per heavy atom. The van der Waals surface area contributed by atoms with Crippen molar-refractivity contribution in [2.75, 3.05) is 28.2 Å². The number of rotatable bonds is 2. The molecule has 2 aliphatic rings. The SMILES string of the molecule is CN(C)/C=C1\C(=C\N(C)C)[C@H]2CC[C@@H]1C2. The molecule has 0 aromatic heterocycles. The minimum absolute atomic E-state index is 0.837. The summed E-state index contributed by atoms with van der Waals surface area (Å²) >= 11 is 0. The Bertz CT molecular complexity index is 270. The third kappa shape index (κ3) is 2.04. The number of hydrogen-bond donors (Lipinski definition) is 0. The smallest absolute Gasteiger partial charge is 0.00557 e. The average molecular weight is 206 g/mol. The van der Waals surface area contributed by atoms with Crippen LogP contribution in [0.2, 0.25) is 0 Å². The lowest BCUT2D eigenvalue weighted by Gasteiger charge is -2.21. The first-order chi connectivity index (χ1) is 7.08. The number of nitrogens with zero attached hydrogens (tertiary/aromatic N) is 2. The molecule has 0 aliphatic heterocycles. The van der Waals surface area contributed by atoms with Gasteiger partial charge in [-0.1, -0.05) is 0 Å². The van der Waals surface area contributed by atoms with Crippen molar-refractivity contribution in [1.29, 1.82) is 0 Å². The number of fused-ring (bicyclic) bond motifs is 2. The van der Waals surface area contributed by atoms with Gasteiger partial charge in [0.25, 0.3) is 0 Å². The molecule has 0 spiro atoms. The van der Waals surface area contributed by atoms with Crippen LogP contribution in [-0.2, 0) is 0 Å². The first kappa shape index (κ1) is 10.6. The molecular weight excluding hydrogens is 184 g/mol. The van der Waals surface area contributed by atoms with E-state index in [1.54, 1.807) is 11.1 Å². The van der Waals surface area contributed by atoms with Crippen molar-refractivity contribution in [1.82, 2.24) is 9.80 Å². The lowest BCUT2D eigenvalue weighted by molar-refractivity contribution is 0.526. The molecule has 84 valence electrons. The van der Waals surface area contributed by atoms with Gasteiger partial charge in [0.1, 0.15) is 0 Å². The van der Waals surface area contributed by atoms with Gasteiger partial charge in [0.2, 0.25) is 0 Å². The summed E-state index contributed by atoms with van der Waals surface area (Å²) in [5.41, 5.74) is 3.18. The van der Waals surface area contributed by atoms with E-state index < -0.39 is 0 Å². The standard InChI is InChI=1S/C13H22N2/c1-14(2)8-12-10-5-6-11(7-10)13(12)9-15(3)4/h8-11H,5-7H2,1-4H3/b12-8-,13-9+/t10-,11+/m1/s1. The summed E-state index contributed by atoms with van der Waals surface area (Å²) in [4.78, 5) is 4.36. The summed E-state index contributed by atoms with van der Waals surface area (Å²) < 4.78 is 0. The van der Waals surface area contributed by atoms with Crippen molar-refractivity contribution < 1.29 is 0 Å². The van der Waals surface area contributed by atoms with Crippen molar-refractivity contribution in [3.05, 3.63) is 23.5 Å². The van der Waals surface area contributed by atoms with Crippen LogP contribution in [0.25, 0.3) is 0 Å². The fraction of sp³-hybridized carbons (Fsp3) is 0.692. The van der Waals surface area contributed by atoms with Gasteiger partial charge >= 0.3 is 0 Å². The van der Waals surface area contributed by atoms with Crippen molar-refractivity contribution in [2.45, 2.75) is 19.3 Å². The van der Waals surface area contributed by atoms with E-state index >= 15 is 0 Å². The van der Waals surface area contributed by atoms with E-state index in [0.717, 1.165) is 11.8 Å². The molecule has 2 aliphatic carbocycles. The Labute approximate surface area is 93.2 Å². The quantitative estimate of drug-likeness (QED) is 0.684. The van der Waals surface area contributed by atoms with Crippen LogP contribution in [0.5, 0.6) is 0 Å². The molecular formula is C13H22N2. The summed E-state index contributed by atoms with van der Waals surface area (Å²) in [6, 6.07) is 0. The molecule has 2 atom stereocenters. The van der Waals surface area contributed by atoms with Crippen LogP contribution in [0.1, 0.15) is 19.3 Å². The largest absolute Gasteiger partial charge is 0.383 e. The Hall–Kier alpha value is -0.920. The van der Waals surface area contributed by atoms with Gasteiger partial charge in [0.05, 0.1) is 0 Å². The summed E-state index contributed by atoms with van der Waals surface area (Å²) in [5.74, 6) is 1.67.